The van der Waals surface area contributed by atoms with Gasteiger partial charge in [-0.15, -0.1) is 0 Å². The Balaban J connectivity index is 2.03. The molecule has 3 rings (SSSR count). The molecule has 2 nitrogen and oxygen atoms in total. The van der Waals surface area contributed by atoms with E-state index in [0.29, 0.717) is 18.8 Å². The van der Waals surface area contributed by atoms with Gasteiger partial charge >= 0.3 is 0 Å². The second-order valence-electron chi connectivity index (χ2n) is 5.27. The first-order chi connectivity index (χ1) is 9.69. The summed E-state index contributed by atoms with van der Waals surface area (Å²) in [4.78, 5) is 0. The van der Waals surface area contributed by atoms with Gasteiger partial charge < -0.3 is 10.1 Å². The van der Waals surface area contributed by atoms with Crippen LogP contribution in [0.3, 0.4) is 0 Å². The van der Waals surface area contributed by atoms with E-state index in [9.17, 15) is 4.39 Å². The maximum Gasteiger partial charge on any atom is 0.128 e. The van der Waals surface area contributed by atoms with Gasteiger partial charge in [-0.3, -0.25) is 0 Å². The maximum absolute atomic E-state index is 14.1. The van der Waals surface area contributed by atoms with E-state index in [1.165, 1.54) is 17.2 Å². The number of hydrogen-bond acceptors (Lipinski definition) is 2. The Morgan fingerprint density at radius 2 is 1.90 bits per heavy atom. The average molecular weight is 271 g/mol. The summed E-state index contributed by atoms with van der Waals surface area (Å²) in [5.74, 6) is -0.174. The van der Waals surface area contributed by atoms with Crippen LogP contribution in [0.1, 0.15) is 33.9 Å². The summed E-state index contributed by atoms with van der Waals surface area (Å²) in [6.45, 7) is 3.31. The fraction of sp³-hybridized carbons (Fsp3) is 0.294. The molecule has 1 atom stereocenters. The number of hydrogen-bond donors (Lipinski definition) is 1. The van der Waals surface area contributed by atoms with E-state index >= 15 is 0 Å². The second-order valence-corrected chi connectivity index (χ2v) is 5.27. The van der Waals surface area contributed by atoms with Crippen molar-refractivity contribution < 1.29 is 9.13 Å². The van der Waals surface area contributed by atoms with Gasteiger partial charge in [-0.05, 0) is 36.7 Å². The standard InChI is InChI=1S/C17H18FNO/c1-11-3-6-16(18)15(7-11)17(19-2)12-4-5-13-9-20-10-14(13)8-12/h3-8,17,19H,9-10H2,1-2H3. The Bertz CT molecular complexity index is 639. The van der Waals surface area contributed by atoms with Crippen LogP contribution in [0.4, 0.5) is 4.39 Å². The first kappa shape index (κ1) is 13.3. The molecule has 0 spiro atoms. The van der Waals surface area contributed by atoms with Gasteiger partial charge in [-0.2, -0.15) is 0 Å². The summed E-state index contributed by atoms with van der Waals surface area (Å²) in [6, 6.07) is 11.3. The normalized spacial score (nSPS) is 15.2. The third-order valence-corrected chi connectivity index (χ3v) is 3.83. The number of ether oxygens (including phenoxy) is 1. The lowest BCUT2D eigenvalue weighted by Gasteiger charge is -2.19. The smallest absolute Gasteiger partial charge is 0.128 e. The van der Waals surface area contributed by atoms with Crippen LogP contribution >= 0.6 is 0 Å². The highest BCUT2D eigenvalue weighted by Crippen LogP contribution is 2.29. The van der Waals surface area contributed by atoms with Gasteiger partial charge in [0.1, 0.15) is 5.82 Å². The van der Waals surface area contributed by atoms with E-state index in [-0.39, 0.29) is 11.9 Å². The van der Waals surface area contributed by atoms with Crippen molar-refractivity contribution in [2.75, 3.05) is 7.05 Å². The highest BCUT2D eigenvalue weighted by molar-refractivity contribution is 5.40. The monoisotopic (exact) mass is 271 g/mol. The minimum atomic E-state index is -0.174. The van der Waals surface area contributed by atoms with E-state index < -0.39 is 0 Å². The Morgan fingerprint density at radius 3 is 2.70 bits per heavy atom. The van der Waals surface area contributed by atoms with Crippen LogP contribution in [0, 0.1) is 12.7 Å². The van der Waals surface area contributed by atoms with Crippen molar-refractivity contribution in [2.24, 2.45) is 0 Å². The number of rotatable bonds is 3. The molecule has 0 amide bonds. The van der Waals surface area contributed by atoms with Crippen LogP contribution in [0.2, 0.25) is 0 Å². The predicted molar refractivity (Wildman–Crippen MR) is 77.0 cm³/mol. The van der Waals surface area contributed by atoms with Crippen LogP contribution in [0.15, 0.2) is 36.4 Å². The molecule has 1 aliphatic rings. The average Bonchev–Trinajstić information content (AvgIpc) is 2.91. The Labute approximate surface area is 118 Å². The van der Waals surface area contributed by atoms with Crippen molar-refractivity contribution >= 4 is 0 Å². The molecule has 0 fully saturated rings. The lowest BCUT2D eigenvalue weighted by Crippen LogP contribution is -2.19. The zero-order chi connectivity index (χ0) is 14.1. The molecule has 1 heterocycles. The first-order valence-corrected chi connectivity index (χ1v) is 6.82. The van der Waals surface area contributed by atoms with Gasteiger partial charge in [-0.1, -0.05) is 35.9 Å². The fourth-order valence-electron chi connectivity index (χ4n) is 2.76. The van der Waals surface area contributed by atoms with Gasteiger partial charge in [0.05, 0.1) is 19.3 Å². The van der Waals surface area contributed by atoms with Crippen LogP contribution in [-0.4, -0.2) is 7.05 Å². The molecule has 0 saturated heterocycles. The van der Waals surface area contributed by atoms with Crippen molar-refractivity contribution in [1.29, 1.82) is 0 Å². The van der Waals surface area contributed by atoms with E-state index in [0.717, 1.165) is 11.1 Å². The summed E-state index contributed by atoms with van der Waals surface area (Å²) in [5.41, 5.74) is 5.25. The Morgan fingerprint density at radius 1 is 1.10 bits per heavy atom. The molecule has 1 aliphatic heterocycles. The van der Waals surface area contributed by atoms with Gasteiger partial charge in [0.25, 0.3) is 0 Å². The molecule has 0 saturated carbocycles. The first-order valence-electron chi connectivity index (χ1n) is 6.82. The third-order valence-electron chi connectivity index (χ3n) is 3.83. The van der Waals surface area contributed by atoms with Crippen molar-refractivity contribution in [3.63, 3.8) is 0 Å². The molecule has 0 aliphatic carbocycles. The number of nitrogens with one attached hydrogen (secondary N) is 1. The fourth-order valence-corrected chi connectivity index (χ4v) is 2.76. The van der Waals surface area contributed by atoms with Gasteiger partial charge in [-0.25, -0.2) is 4.39 Å². The largest absolute Gasteiger partial charge is 0.372 e. The quantitative estimate of drug-likeness (QED) is 0.923. The zero-order valence-corrected chi connectivity index (χ0v) is 11.7. The zero-order valence-electron chi connectivity index (χ0n) is 11.7. The van der Waals surface area contributed by atoms with Gasteiger partial charge in [0.2, 0.25) is 0 Å². The SMILES string of the molecule is CNC(c1ccc2c(c1)COC2)c1cc(C)ccc1F. The van der Waals surface area contributed by atoms with Gasteiger partial charge in [0.15, 0.2) is 0 Å². The molecule has 0 radical (unpaired) electrons. The minimum absolute atomic E-state index is 0.138. The second kappa shape index (κ2) is 5.35. The summed E-state index contributed by atoms with van der Waals surface area (Å²) >= 11 is 0. The molecule has 2 aromatic rings. The van der Waals surface area contributed by atoms with E-state index in [1.807, 2.05) is 20.0 Å². The summed E-state index contributed by atoms with van der Waals surface area (Å²) in [5, 5.41) is 3.21. The summed E-state index contributed by atoms with van der Waals surface area (Å²) < 4.78 is 19.5. The summed E-state index contributed by atoms with van der Waals surface area (Å²) in [7, 11) is 1.86. The highest BCUT2D eigenvalue weighted by Gasteiger charge is 2.19. The van der Waals surface area contributed by atoms with Crippen LogP contribution in [0.25, 0.3) is 0 Å². The lowest BCUT2D eigenvalue weighted by molar-refractivity contribution is 0.134. The van der Waals surface area contributed by atoms with Gasteiger partial charge in [0, 0.05) is 5.56 Å². The molecular weight excluding hydrogens is 253 g/mol. The number of fused-ring (bicyclic) bond motifs is 1. The van der Waals surface area contributed by atoms with E-state index in [1.54, 1.807) is 6.07 Å². The van der Waals surface area contributed by atoms with E-state index in [4.69, 9.17) is 4.74 Å². The highest BCUT2D eigenvalue weighted by atomic mass is 19.1. The number of aryl methyl sites for hydroxylation is 1. The molecule has 3 heteroatoms. The number of halogens is 1. The van der Waals surface area contributed by atoms with Crippen molar-refractivity contribution in [2.45, 2.75) is 26.2 Å². The molecule has 104 valence electrons. The Hall–Kier alpha value is -1.71. The molecule has 0 aromatic heterocycles. The lowest BCUT2D eigenvalue weighted by atomic mass is 9.94. The van der Waals surface area contributed by atoms with Crippen LogP contribution in [0.5, 0.6) is 0 Å². The Kier molecular flexibility index (Phi) is 3.55. The maximum atomic E-state index is 14.1. The van der Waals surface area contributed by atoms with Crippen LogP contribution < -0.4 is 5.32 Å². The number of benzene rings is 2. The van der Waals surface area contributed by atoms with Crippen molar-refractivity contribution in [1.82, 2.24) is 5.32 Å². The minimum Gasteiger partial charge on any atom is -0.372 e. The summed E-state index contributed by atoms with van der Waals surface area (Å²) in [6.07, 6.45) is 0. The molecule has 0 bridgehead atoms. The third kappa shape index (κ3) is 2.35. The molecule has 20 heavy (non-hydrogen) atoms. The molecule has 2 aromatic carbocycles. The van der Waals surface area contributed by atoms with Crippen LogP contribution in [-0.2, 0) is 18.0 Å². The van der Waals surface area contributed by atoms with Crippen molar-refractivity contribution in [3.05, 3.63) is 70.0 Å². The molecular formula is C17H18FNO. The van der Waals surface area contributed by atoms with E-state index in [2.05, 4.69) is 23.5 Å². The predicted octanol–water partition coefficient (Wildman–Crippen LogP) is 3.47. The molecule has 1 N–H and O–H groups in total. The topological polar surface area (TPSA) is 21.3 Å². The molecule has 1 unspecified atom stereocenters. The van der Waals surface area contributed by atoms with Crippen molar-refractivity contribution in [3.8, 4) is 0 Å².